The Kier molecular flexibility index (Phi) is 3.29. The van der Waals surface area contributed by atoms with Crippen LogP contribution in [-0.2, 0) is 6.18 Å². The molecule has 0 aromatic heterocycles. The second kappa shape index (κ2) is 4.29. The zero-order valence-corrected chi connectivity index (χ0v) is 8.17. The van der Waals surface area contributed by atoms with Crippen LogP contribution in [-0.4, -0.2) is 6.21 Å². The van der Waals surface area contributed by atoms with E-state index in [4.69, 9.17) is 0 Å². The molecular weight excluding hydrogens is 203 g/mol. The van der Waals surface area contributed by atoms with Gasteiger partial charge in [0.15, 0.2) is 0 Å². The van der Waals surface area contributed by atoms with Crippen LogP contribution in [0.25, 0.3) is 5.70 Å². The van der Waals surface area contributed by atoms with Crippen molar-refractivity contribution in [3.05, 3.63) is 42.0 Å². The van der Waals surface area contributed by atoms with Gasteiger partial charge in [-0.25, -0.2) is 0 Å². The van der Waals surface area contributed by atoms with Gasteiger partial charge in [0, 0.05) is 11.8 Å². The summed E-state index contributed by atoms with van der Waals surface area (Å²) in [5, 5.41) is 0. The van der Waals surface area contributed by atoms with E-state index in [1.54, 1.807) is 13.0 Å². The van der Waals surface area contributed by atoms with E-state index in [0.29, 0.717) is 11.3 Å². The predicted molar refractivity (Wildman–Crippen MR) is 54.6 cm³/mol. The Labute approximate surface area is 86.0 Å². The molecule has 0 unspecified atom stereocenters. The fourth-order valence-electron chi connectivity index (χ4n) is 1.11. The van der Waals surface area contributed by atoms with Gasteiger partial charge in [-0.1, -0.05) is 18.7 Å². The Morgan fingerprint density at radius 1 is 1.40 bits per heavy atom. The molecule has 1 nitrogen and oxygen atoms in total. The van der Waals surface area contributed by atoms with Crippen molar-refractivity contribution in [3.63, 3.8) is 0 Å². The summed E-state index contributed by atoms with van der Waals surface area (Å²) in [4.78, 5) is 3.83. The van der Waals surface area contributed by atoms with Gasteiger partial charge in [-0.05, 0) is 19.1 Å². The quantitative estimate of drug-likeness (QED) is 0.663. The Bertz CT molecular complexity index is 391. The van der Waals surface area contributed by atoms with E-state index >= 15 is 0 Å². The second-order valence-electron chi connectivity index (χ2n) is 2.91. The van der Waals surface area contributed by atoms with Crippen LogP contribution in [0, 0.1) is 0 Å². The number of alkyl halides is 3. The second-order valence-corrected chi connectivity index (χ2v) is 2.91. The minimum Gasteiger partial charge on any atom is -0.262 e. The SMILES string of the molecule is C=C(N=CC)c1cccc(C(F)(F)F)c1. The molecule has 0 heterocycles. The number of aliphatic imine (C=N–C) groups is 1. The maximum atomic E-state index is 12.3. The molecule has 0 aliphatic rings. The van der Waals surface area contributed by atoms with Crippen molar-refractivity contribution in [2.45, 2.75) is 13.1 Å². The summed E-state index contributed by atoms with van der Waals surface area (Å²) in [5.41, 5.74) is 0.0129. The topological polar surface area (TPSA) is 12.4 Å². The fourth-order valence-corrected chi connectivity index (χ4v) is 1.11. The molecule has 0 spiro atoms. The molecule has 15 heavy (non-hydrogen) atoms. The molecule has 0 amide bonds. The van der Waals surface area contributed by atoms with E-state index in [2.05, 4.69) is 11.6 Å². The van der Waals surface area contributed by atoms with Crippen LogP contribution in [0.2, 0.25) is 0 Å². The monoisotopic (exact) mass is 213 g/mol. The van der Waals surface area contributed by atoms with Crippen LogP contribution in [0.3, 0.4) is 0 Å². The normalized spacial score (nSPS) is 12.0. The molecule has 0 aliphatic carbocycles. The molecule has 1 aromatic rings. The Morgan fingerprint density at radius 2 is 2.07 bits per heavy atom. The van der Waals surface area contributed by atoms with E-state index in [9.17, 15) is 13.2 Å². The summed E-state index contributed by atoms with van der Waals surface area (Å²) in [6, 6.07) is 4.95. The van der Waals surface area contributed by atoms with Gasteiger partial charge in [-0.3, -0.25) is 4.99 Å². The lowest BCUT2D eigenvalue weighted by Gasteiger charge is -2.08. The standard InChI is InChI=1S/C11H10F3N/c1-3-15-8(2)9-5-4-6-10(7-9)11(12,13)14/h3-7H,2H2,1H3. The molecule has 80 valence electrons. The lowest BCUT2D eigenvalue weighted by Crippen LogP contribution is -2.04. The minimum absolute atomic E-state index is 0.323. The van der Waals surface area contributed by atoms with Crippen molar-refractivity contribution in [1.29, 1.82) is 0 Å². The number of halogens is 3. The number of hydrogen-bond acceptors (Lipinski definition) is 1. The average Bonchev–Trinajstić information content (AvgIpc) is 2.17. The molecule has 0 fully saturated rings. The zero-order chi connectivity index (χ0) is 11.5. The number of nitrogens with zero attached hydrogens (tertiary/aromatic N) is 1. The molecule has 0 saturated carbocycles. The molecule has 1 rings (SSSR count). The number of hydrogen-bond donors (Lipinski definition) is 0. The fraction of sp³-hybridized carbons (Fsp3) is 0.182. The summed E-state index contributed by atoms with van der Waals surface area (Å²) >= 11 is 0. The summed E-state index contributed by atoms with van der Waals surface area (Å²) < 4.78 is 37.0. The third-order valence-electron chi connectivity index (χ3n) is 1.81. The van der Waals surface area contributed by atoms with Gasteiger partial charge in [-0.15, -0.1) is 0 Å². The van der Waals surface area contributed by atoms with Crippen molar-refractivity contribution < 1.29 is 13.2 Å². The van der Waals surface area contributed by atoms with E-state index in [1.165, 1.54) is 12.3 Å². The van der Waals surface area contributed by atoms with Crippen LogP contribution >= 0.6 is 0 Å². The molecular formula is C11H10F3N. The summed E-state index contributed by atoms with van der Waals surface area (Å²) in [7, 11) is 0. The van der Waals surface area contributed by atoms with Crippen molar-refractivity contribution in [3.8, 4) is 0 Å². The highest BCUT2D eigenvalue weighted by atomic mass is 19.4. The Hall–Kier alpha value is -1.58. The van der Waals surface area contributed by atoms with Gasteiger partial charge in [0.1, 0.15) is 0 Å². The molecule has 1 aromatic carbocycles. The van der Waals surface area contributed by atoms with Crippen LogP contribution in [0.15, 0.2) is 35.8 Å². The zero-order valence-electron chi connectivity index (χ0n) is 8.17. The molecule has 0 saturated heterocycles. The minimum atomic E-state index is -4.33. The third kappa shape index (κ3) is 2.94. The predicted octanol–water partition coefficient (Wildman–Crippen LogP) is 3.77. The van der Waals surface area contributed by atoms with E-state index in [-0.39, 0.29) is 0 Å². The third-order valence-corrected chi connectivity index (χ3v) is 1.81. The lowest BCUT2D eigenvalue weighted by atomic mass is 10.1. The van der Waals surface area contributed by atoms with Gasteiger partial charge in [0.2, 0.25) is 0 Å². The van der Waals surface area contributed by atoms with E-state index in [0.717, 1.165) is 12.1 Å². The Morgan fingerprint density at radius 3 is 2.60 bits per heavy atom. The first kappa shape index (κ1) is 11.5. The van der Waals surface area contributed by atoms with Crippen molar-refractivity contribution in [1.82, 2.24) is 0 Å². The van der Waals surface area contributed by atoms with Gasteiger partial charge >= 0.3 is 6.18 Å². The van der Waals surface area contributed by atoms with Gasteiger partial charge in [-0.2, -0.15) is 13.2 Å². The maximum Gasteiger partial charge on any atom is 0.416 e. The van der Waals surface area contributed by atoms with Crippen LogP contribution in [0.1, 0.15) is 18.1 Å². The van der Waals surface area contributed by atoms with Crippen molar-refractivity contribution in [2.24, 2.45) is 4.99 Å². The smallest absolute Gasteiger partial charge is 0.262 e. The van der Waals surface area contributed by atoms with Crippen molar-refractivity contribution in [2.75, 3.05) is 0 Å². The average molecular weight is 213 g/mol. The van der Waals surface area contributed by atoms with Crippen LogP contribution < -0.4 is 0 Å². The van der Waals surface area contributed by atoms with Gasteiger partial charge < -0.3 is 0 Å². The first-order chi connectivity index (χ1) is 6.95. The lowest BCUT2D eigenvalue weighted by molar-refractivity contribution is -0.137. The highest BCUT2D eigenvalue weighted by Gasteiger charge is 2.30. The van der Waals surface area contributed by atoms with E-state index < -0.39 is 11.7 Å². The molecule has 4 heteroatoms. The summed E-state index contributed by atoms with van der Waals surface area (Å²) in [6.45, 7) is 5.25. The summed E-state index contributed by atoms with van der Waals surface area (Å²) in [6.07, 6.45) is -2.84. The molecule has 0 bridgehead atoms. The van der Waals surface area contributed by atoms with E-state index in [1.807, 2.05) is 0 Å². The summed E-state index contributed by atoms with van der Waals surface area (Å²) in [5.74, 6) is 0. The first-order valence-electron chi connectivity index (χ1n) is 4.30. The van der Waals surface area contributed by atoms with Crippen LogP contribution in [0.4, 0.5) is 13.2 Å². The van der Waals surface area contributed by atoms with Crippen molar-refractivity contribution >= 4 is 11.9 Å². The number of benzene rings is 1. The highest BCUT2D eigenvalue weighted by Crippen LogP contribution is 2.30. The molecule has 0 aliphatic heterocycles. The molecule has 0 atom stereocenters. The molecule has 0 radical (unpaired) electrons. The van der Waals surface area contributed by atoms with Gasteiger partial charge in [0.25, 0.3) is 0 Å². The Balaban J connectivity index is 3.08. The highest BCUT2D eigenvalue weighted by molar-refractivity contribution is 5.71. The molecule has 0 N–H and O–H groups in total. The number of rotatable bonds is 2. The maximum absolute atomic E-state index is 12.3. The largest absolute Gasteiger partial charge is 0.416 e. The first-order valence-corrected chi connectivity index (χ1v) is 4.30. The van der Waals surface area contributed by atoms with Crippen LogP contribution in [0.5, 0.6) is 0 Å². The van der Waals surface area contributed by atoms with Gasteiger partial charge in [0.05, 0.1) is 11.3 Å².